The highest BCUT2D eigenvalue weighted by atomic mass is 32.2. The second kappa shape index (κ2) is 6.82. The van der Waals surface area contributed by atoms with Gasteiger partial charge in [0.15, 0.2) is 0 Å². The van der Waals surface area contributed by atoms with E-state index in [9.17, 15) is 0 Å². The molecule has 0 fully saturated rings. The average molecular weight is 253 g/mol. The number of thioether (sulfide) groups is 1. The molecule has 0 amide bonds. The van der Waals surface area contributed by atoms with Crippen molar-refractivity contribution in [3.8, 4) is 0 Å². The summed E-state index contributed by atoms with van der Waals surface area (Å²) in [7, 11) is 0. The fourth-order valence-electron chi connectivity index (χ4n) is 1.51. The molecule has 2 heteroatoms. The first-order valence-electron chi connectivity index (χ1n) is 5.78. The number of hydrogen-bond acceptors (Lipinski definition) is 2. The summed E-state index contributed by atoms with van der Waals surface area (Å²) in [5, 5.41) is 0. The van der Waals surface area contributed by atoms with Gasteiger partial charge in [0.2, 0.25) is 0 Å². The van der Waals surface area contributed by atoms with E-state index in [0.29, 0.717) is 0 Å². The molecule has 90 valence electrons. The van der Waals surface area contributed by atoms with Gasteiger partial charge in [0.25, 0.3) is 0 Å². The van der Waals surface area contributed by atoms with Crippen molar-refractivity contribution in [1.82, 2.24) is 4.98 Å². The van der Waals surface area contributed by atoms with Gasteiger partial charge in [0.05, 0.1) is 5.69 Å². The first kappa shape index (κ1) is 12.7. The molecule has 2 rings (SSSR count). The maximum absolute atomic E-state index is 4.22. The summed E-state index contributed by atoms with van der Waals surface area (Å²) in [6, 6.07) is 14.4. The van der Waals surface area contributed by atoms with Crippen molar-refractivity contribution in [2.24, 2.45) is 0 Å². The number of hydrogen-bond donors (Lipinski definition) is 0. The van der Waals surface area contributed by atoms with Gasteiger partial charge >= 0.3 is 0 Å². The molecule has 0 atom stereocenters. The summed E-state index contributed by atoms with van der Waals surface area (Å²) in [6.45, 7) is 0. The topological polar surface area (TPSA) is 12.9 Å². The maximum Gasteiger partial charge on any atom is 0.0629 e. The zero-order valence-corrected chi connectivity index (χ0v) is 11.1. The second-order valence-electron chi connectivity index (χ2n) is 3.75. The van der Waals surface area contributed by atoms with Crippen LogP contribution in [0.2, 0.25) is 0 Å². The molecule has 0 aliphatic heterocycles. The van der Waals surface area contributed by atoms with Gasteiger partial charge in [-0.15, -0.1) is 11.8 Å². The quantitative estimate of drug-likeness (QED) is 0.586. The van der Waals surface area contributed by atoms with Gasteiger partial charge in [0, 0.05) is 11.1 Å². The summed E-state index contributed by atoms with van der Waals surface area (Å²) in [5.41, 5.74) is 2.18. The van der Waals surface area contributed by atoms with E-state index in [1.54, 1.807) is 18.0 Å². The molecule has 1 nitrogen and oxygen atoms in total. The third-order valence-electron chi connectivity index (χ3n) is 2.47. The molecule has 0 saturated carbocycles. The van der Waals surface area contributed by atoms with E-state index < -0.39 is 0 Å². The van der Waals surface area contributed by atoms with Gasteiger partial charge < -0.3 is 0 Å². The minimum Gasteiger partial charge on any atom is -0.257 e. The predicted octanol–water partition coefficient (Wildman–Crippen LogP) is 4.53. The first-order valence-corrected chi connectivity index (χ1v) is 7.01. The summed E-state index contributed by atoms with van der Waals surface area (Å²) < 4.78 is 0. The molecule has 0 radical (unpaired) electrons. The van der Waals surface area contributed by atoms with Gasteiger partial charge in [-0.05, 0) is 42.2 Å². The normalized spacial score (nSPS) is 11.4. The molecule has 0 spiro atoms. The lowest BCUT2D eigenvalue weighted by Gasteiger charge is -1.96. The highest BCUT2D eigenvalue weighted by Gasteiger charge is 1.88. The van der Waals surface area contributed by atoms with Crippen LogP contribution in [0.1, 0.15) is 11.3 Å². The molecule has 0 N–H and O–H groups in total. The number of benzene rings is 1. The largest absolute Gasteiger partial charge is 0.257 e. The molecular weight excluding hydrogens is 238 g/mol. The standard InChI is InChI=1S/C16H15NS/c1-18-16-11-9-14(10-12-16)6-2-3-7-15-8-4-5-13-17-15/h2-13H,1H3/b6-2+,7-3+. The van der Waals surface area contributed by atoms with Crippen LogP contribution in [0.25, 0.3) is 12.2 Å². The minimum absolute atomic E-state index is 0.972. The van der Waals surface area contributed by atoms with E-state index in [1.165, 1.54) is 10.5 Å². The number of aromatic nitrogens is 1. The molecule has 0 unspecified atom stereocenters. The van der Waals surface area contributed by atoms with E-state index in [0.717, 1.165) is 5.69 Å². The van der Waals surface area contributed by atoms with Crippen LogP contribution in [-0.4, -0.2) is 11.2 Å². The molecule has 0 aliphatic carbocycles. The number of allylic oxidation sites excluding steroid dienone is 2. The van der Waals surface area contributed by atoms with Crippen molar-refractivity contribution >= 4 is 23.9 Å². The third-order valence-corrected chi connectivity index (χ3v) is 3.21. The molecule has 18 heavy (non-hydrogen) atoms. The highest BCUT2D eigenvalue weighted by Crippen LogP contribution is 2.15. The molecule has 0 saturated heterocycles. The van der Waals surface area contributed by atoms with Crippen LogP contribution in [-0.2, 0) is 0 Å². The zero-order valence-electron chi connectivity index (χ0n) is 10.3. The summed E-state index contributed by atoms with van der Waals surface area (Å²) in [6.07, 6.45) is 12.0. The van der Waals surface area contributed by atoms with Crippen LogP contribution in [0.3, 0.4) is 0 Å². The van der Waals surface area contributed by atoms with E-state index in [2.05, 4.69) is 41.6 Å². The smallest absolute Gasteiger partial charge is 0.0629 e. The van der Waals surface area contributed by atoms with E-state index in [4.69, 9.17) is 0 Å². The fourth-order valence-corrected chi connectivity index (χ4v) is 1.92. The van der Waals surface area contributed by atoms with Crippen LogP contribution in [0.5, 0.6) is 0 Å². The lowest BCUT2D eigenvalue weighted by atomic mass is 10.2. The van der Waals surface area contributed by atoms with Gasteiger partial charge in [-0.25, -0.2) is 0 Å². The number of rotatable bonds is 4. The Labute approximate surface area is 112 Å². The Kier molecular flexibility index (Phi) is 4.79. The lowest BCUT2D eigenvalue weighted by molar-refractivity contribution is 1.30. The Morgan fingerprint density at radius 3 is 2.39 bits per heavy atom. The fraction of sp³-hybridized carbons (Fsp3) is 0.0625. The number of pyridine rings is 1. The Balaban J connectivity index is 1.96. The molecule has 1 aromatic heterocycles. The van der Waals surface area contributed by atoms with Crippen molar-refractivity contribution < 1.29 is 0 Å². The van der Waals surface area contributed by atoms with E-state index in [-0.39, 0.29) is 0 Å². The number of nitrogens with zero attached hydrogens (tertiary/aromatic N) is 1. The van der Waals surface area contributed by atoms with E-state index in [1.807, 2.05) is 36.4 Å². The Morgan fingerprint density at radius 1 is 0.944 bits per heavy atom. The third kappa shape index (κ3) is 3.90. The van der Waals surface area contributed by atoms with E-state index >= 15 is 0 Å². The summed E-state index contributed by atoms with van der Waals surface area (Å²) in [4.78, 5) is 5.51. The van der Waals surface area contributed by atoms with Gasteiger partial charge in [-0.2, -0.15) is 0 Å². The summed E-state index contributed by atoms with van der Waals surface area (Å²) in [5.74, 6) is 0. The van der Waals surface area contributed by atoms with Crippen LogP contribution in [0.4, 0.5) is 0 Å². The SMILES string of the molecule is CSc1ccc(/C=C/C=C/c2ccccn2)cc1. The van der Waals surface area contributed by atoms with Gasteiger partial charge in [-0.1, -0.05) is 36.4 Å². The monoisotopic (exact) mass is 253 g/mol. The molecule has 0 aliphatic rings. The van der Waals surface area contributed by atoms with Crippen LogP contribution in [0, 0.1) is 0 Å². The Hall–Kier alpha value is -1.80. The lowest BCUT2D eigenvalue weighted by Crippen LogP contribution is -1.75. The molecule has 1 heterocycles. The molecular formula is C16H15NS. The van der Waals surface area contributed by atoms with Crippen LogP contribution in [0.15, 0.2) is 65.7 Å². The Bertz CT molecular complexity index is 527. The zero-order chi connectivity index (χ0) is 12.6. The average Bonchev–Trinajstić information content (AvgIpc) is 2.45. The van der Waals surface area contributed by atoms with Crippen molar-refractivity contribution in [1.29, 1.82) is 0 Å². The molecule has 1 aromatic carbocycles. The second-order valence-corrected chi connectivity index (χ2v) is 4.63. The maximum atomic E-state index is 4.22. The molecule has 0 bridgehead atoms. The van der Waals surface area contributed by atoms with Crippen molar-refractivity contribution in [3.63, 3.8) is 0 Å². The van der Waals surface area contributed by atoms with Crippen LogP contribution < -0.4 is 0 Å². The van der Waals surface area contributed by atoms with Crippen LogP contribution >= 0.6 is 11.8 Å². The summed E-state index contributed by atoms with van der Waals surface area (Å²) >= 11 is 1.76. The minimum atomic E-state index is 0.972. The molecule has 2 aromatic rings. The van der Waals surface area contributed by atoms with Gasteiger partial charge in [-0.3, -0.25) is 4.98 Å². The Morgan fingerprint density at radius 2 is 1.72 bits per heavy atom. The van der Waals surface area contributed by atoms with Crippen molar-refractivity contribution in [2.45, 2.75) is 4.90 Å². The highest BCUT2D eigenvalue weighted by molar-refractivity contribution is 7.98. The predicted molar refractivity (Wildman–Crippen MR) is 80.5 cm³/mol. The van der Waals surface area contributed by atoms with Crippen molar-refractivity contribution in [3.05, 3.63) is 72.1 Å². The van der Waals surface area contributed by atoms with Crippen molar-refractivity contribution in [2.75, 3.05) is 6.26 Å². The van der Waals surface area contributed by atoms with Gasteiger partial charge in [0.1, 0.15) is 0 Å². The first-order chi connectivity index (χ1) is 8.88.